The highest BCUT2D eigenvalue weighted by Gasteiger charge is 2.34. The van der Waals surface area contributed by atoms with Crippen molar-refractivity contribution in [1.82, 2.24) is 5.32 Å². The molecule has 0 amide bonds. The lowest BCUT2D eigenvalue weighted by molar-refractivity contribution is -0.124. The van der Waals surface area contributed by atoms with E-state index in [0.717, 1.165) is 19.4 Å². The van der Waals surface area contributed by atoms with E-state index in [2.05, 4.69) is 12.2 Å². The summed E-state index contributed by atoms with van der Waals surface area (Å²) in [6.45, 7) is 4.48. The van der Waals surface area contributed by atoms with Gasteiger partial charge in [0.2, 0.25) is 0 Å². The van der Waals surface area contributed by atoms with E-state index in [1.807, 2.05) is 0 Å². The van der Waals surface area contributed by atoms with E-state index in [9.17, 15) is 4.79 Å². The largest absolute Gasteiger partial charge is 0.379 e. The predicted molar refractivity (Wildman–Crippen MR) is 68.0 cm³/mol. The van der Waals surface area contributed by atoms with Crippen LogP contribution in [0.4, 0.5) is 0 Å². The van der Waals surface area contributed by atoms with Gasteiger partial charge in [0.25, 0.3) is 0 Å². The van der Waals surface area contributed by atoms with E-state index in [4.69, 9.17) is 4.74 Å². The second-order valence-corrected chi connectivity index (χ2v) is 5.53. The third-order valence-electron chi connectivity index (χ3n) is 4.12. The van der Waals surface area contributed by atoms with Crippen molar-refractivity contribution in [3.63, 3.8) is 0 Å². The van der Waals surface area contributed by atoms with Crippen molar-refractivity contribution in [2.75, 3.05) is 19.8 Å². The summed E-state index contributed by atoms with van der Waals surface area (Å²) >= 11 is 0. The maximum atomic E-state index is 12.3. The Hall–Kier alpha value is -0.410. The molecule has 0 aromatic carbocycles. The van der Waals surface area contributed by atoms with Crippen LogP contribution in [0.15, 0.2) is 0 Å². The molecular formula is C14H25NO2. The summed E-state index contributed by atoms with van der Waals surface area (Å²) in [6.07, 6.45) is 7.05. The van der Waals surface area contributed by atoms with Gasteiger partial charge in [0, 0.05) is 12.5 Å². The number of ether oxygens (including phenoxy) is 1. The summed E-state index contributed by atoms with van der Waals surface area (Å²) in [5.74, 6) is 1.21. The van der Waals surface area contributed by atoms with Crippen LogP contribution in [0.5, 0.6) is 0 Å². The second-order valence-electron chi connectivity index (χ2n) is 5.53. The first-order valence-corrected chi connectivity index (χ1v) is 7.15. The van der Waals surface area contributed by atoms with Gasteiger partial charge in [-0.2, -0.15) is 0 Å². The fraction of sp³-hybridized carbons (Fsp3) is 0.929. The van der Waals surface area contributed by atoms with Gasteiger partial charge < -0.3 is 10.1 Å². The number of hydrogen-bond acceptors (Lipinski definition) is 3. The summed E-state index contributed by atoms with van der Waals surface area (Å²) < 4.78 is 5.47. The number of Topliss-reactive ketones (excluding diaryl/α,β-unsaturated/α-hetero) is 1. The molecule has 0 bridgehead atoms. The second kappa shape index (κ2) is 6.50. The molecule has 1 heterocycles. The molecule has 0 aromatic heterocycles. The molecule has 2 atom stereocenters. The van der Waals surface area contributed by atoms with Gasteiger partial charge in [0.15, 0.2) is 0 Å². The van der Waals surface area contributed by atoms with Gasteiger partial charge in [-0.3, -0.25) is 4.79 Å². The van der Waals surface area contributed by atoms with Crippen molar-refractivity contribution in [2.24, 2.45) is 11.8 Å². The minimum absolute atomic E-state index is 0.113. The molecule has 1 N–H and O–H groups in total. The number of carbonyl (C=O) groups excluding carboxylic acids is 1. The van der Waals surface area contributed by atoms with E-state index in [1.54, 1.807) is 0 Å². The van der Waals surface area contributed by atoms with Crippen LogP contribution in [-0.2, 0) is 9.53 Å². The average Bonchev–Trinajstić information content (AvgIpc) is 2.96. The molecule has 2 fully saturated rings. The minimum Gasteiger partial charge on any atom is -0.379 e. The Kier molecular flexibility index (Phi) is 4.99. The Labute approximate surface area is 104 Å². The summed E-state index contributed by atoms with van der Waals surface area (Å²) in [5.41, 5.74) is 0. The van der Waals surface area contributed by atoms with Crippen molar-refractivity contribution in [3.05, 3.63) is 0 Å². The normalized spacial score (nSPS) is 29.9. The topological polar surface area (TPSA) is 38.3 Å². The van der Waals surface area contributed by atoms with Crippen molar-refractivity contribution in [2.45, 2.75) is 51.5 Å². The first-order valence-electron chi connectivity index (χ1n) is 7.15. The fourth-order valence-electron chi connectivity index (χ4n) is 3.05. The number of hydrogen-bond donors (Lipinski definition) is 1. The Bertz CT molecular complexity index is 249. The highest BCUT2D eigenvalue weighted by Crippen LogP contribution is 2.29. The van der Waals surface area contributed by atoms with Crippen molar-refractivity contribution in [3.8, 4) is 0 Å². The number of nitrogens with one attached hydrogen (secondary N) is 1. The molecule has 3 nitrogen and oxygen atoms in total. The highest BCUT2D eigenvalue weighted by molar-refractivity contribution is 5.82. The molecule has 0 spiro atoms. The third-order valence-corrected chi connectivity index (χ3v) is 4.12. The Morgan fingerprint density at radius 2 is 2.06 bits per heavy atom. The maximum Gasteiger partial charge on any atom is 0.140 e. The molecule has 3 heteroatoms. The van der Waals surface area contributed by atoms with Gasteiger partial charge in [0.05, 0.1) is 19.1 Å². The molecule has 2 unspecified atom stereocenters. The zero-order valence-electron chi connectivity index (χ0n) is 10.9. The molecular weight excluding hydrogens is 214 g/mol. The van der Waals surface area contributed by atoms with Crippen molar-refractivity contribution in [1.29, 1.82) is 0 Å². The van der Waals surface area contributed by atoms with Gasteiger partial charge in [-0.25, -0.2) is 0 Å². The number of ketones is 1. The van der Waals surface area contributed by atoms with Crippen LogP contribution in [0.3, 0.4) is 0 Å². The van der Waals surface area contributed by atoms with Crippen LogP contribution < -0.4 is 5.32 Å². The molecule has 1 saturated carbocycles. The van der Waals surface area contributed by atoms with Gasteiger partial charge in [-0.05, 0) is 18.9 Å². The molecule has 1 aliphatic heterocycles. The highest BCUT2D eigenvalue weighted by atomic mass is 16.5. The minimum atomic E-state index is 0.113. The predicted octanol–water partition coefficient (Wildman–Crippen LogP) is 2.15. The van der Waals surface area contributed by atoms with E-state index in [-0.39, 0.29) is 12.0 Å². The van der Waals surface area contributed by atoms with Gasteiger partial charge in [-0.15, -0.1) is 0 Å². The van der Waals surface area contributed by atoms with Gasteiger partial charge in [0.1, 0.15) is 5.78 Å². The third kappa shape index (κ3) is 3.52. The lowest BCUT2D eigenvalue weighted by atomic mass is 9.90. The molecule has 98 valence electrons. The van der Waals surface area contributed by atoms with Crippen LogP contribution in [-0.4, -0.2) is 31.6 Å². The van der Waals surface area contributed by atoms with E-state index >= 15 is 0 Å². The van der Waals surface area contributed by atoms with Crippen LogP contribution in [0.25, 0.3) is 0 Å². The molecule has 1 aliphatic carbocycles. The molecule has 1 saturated heterocycles. The quantitative estimate of drug-likeness (QED) is 0.772. The van der Waals surface area contributed by atoms with Crippen LogP contribution in [0.2, 0.25) is 0 Å². The Balaban J connectivity index is 1.80. The smallest absolute Gasteiger partial charge is 0.140 e. The Morgan fingerprint density at radius 3 is 2.76 bits per heavy atom. The van der Waals surface area contributed by atoms with Gasteiger partial charge >= 0.3 is 0 Å². The van der Waals surface area contributed by atoms with Crippen molar-refractivity contribution < 1.29 is 9.53 Å². The summed E-state index contributed by atoms with van der Waals surface area (Å²) in [5, 5.41) is 3.44. The maximum absolute atomic E-state index is 12.3. The molecule has 2 aliphatic rings. The molecule has 2 rings (SSSR count). The molecule has 0 aromatic rings. The summed E-state index contributed by atoms with van der Waals surface area (Å²) in [4.78, 5) is 12.3. The van der Waals surface area contributed by atoms with Gasteiger partial charge in [-0.1, -0.05) is 32.6 Å². The standard InChI is InChI=1S/C14H25NO2/c1-2-7-15-13-10-17-9-12(13)14(16)8-11-5-3-4-6-11/h11-13,15H,2-10H2,1H3. The SMILES string of the molecule is CCCNC1COCC1C(=O)CC1CCCC1. The number of rotatable bonds is 6. The monoisotopic (exact) mass is 239 g/mol. The molecule has 17 heavy (non-hydrogen) atoms. The van der Waals surface area contributed by atoms with E-state index < -0.39 is 0 Å². The lowest BCUT2D eigenvalue weighted by Gasteiger charge is -2.19. The molecule has 0 radical (unpaired) electrons. The van der Waals surface area contributed by atoms with Crippen LogP contribution in [0.1, 0.15) is 45.4 Å². The summed E-state index contributed by atoms with van der Waals surface area (Å²) in [6, 6.07) is 0.267. The Morgan fingerprint density at radius 1 is 1.29 bits per heavy atom. The zero-order valence-corrected chi connectivity index (χ0v) is 10.9. The first-order chi connectivity index (χ1) is 8.31. The zero-order chi connectivity index (χ0) is 12.1. The fourth-order valence-corrected chi connectivity index (χ4v) is 3.05. The van der Waals surface area contributed by atoms with Crippen molar-refractivity contribution >= 4 is 5.78 Å². The average molecular weight is 239 g/mol. The summed E-state index contributed by atoms with van der Waals surface area (Å²) in [7, 11) is 0. The number of carbonyl (C=O) groups is 1. The lowest BCUT2D eigenvalue weighted by Crippen LogP contribution is -2.40. The van der Waals surface area contributed by atoms with Crippen LogP contribution in [0, 0.1) is 11.8 Å². The first kappa shape index (κ1) is 13.0. The van der Waals surface area contributed by atoms with E-state index in [1.165, 1.54) is 25.7 Å². The van der Waals surface area contributed by atoms with Crippen LogP contribution >= 0.6 is 0 Å². The van der Waals surface area contributed by atoms with E-state index in [0.29, 0.717) is 24.9 Å².